The zero-order chi connectivity index (χ0) is 15.3. The average molecular weight is 287 g/mol. The molecule has 1 atom stereocenters. The maximum Gasteiger partial charge on any atom is 0.325 e. The van der Waals surface area contributed by atoms with Crippen LogP contribution in [0.5, 0.6) is 0 Å². The smallest absolute Gasteiger partial charge is 0.325 e. The summed E-state index contributed by atoms with van der Waals surface area (Å²) in [5.41, 5.74) is -0.976. The van der Waals surface area contributed by atoms with Crippen molar-refractivity contribution in [2.45, 2.75) is 25.8 Å². The average Bonchev–Trinajstić information content (AvgIpc) is 2.63. The number of hydrogen-bond acceptors (Lipinski definition) is 5. The molecule has 0 spiro atoms. The molecule has 0 saturated carbocycles. The number of imide groups is 1. The van der Waals surface area contributed by atoms with Gasteiger partial charge in [-0.15, -0.1) is 0 Å². The lowest BCUT2D eigenvalue weighted by molar-refractivity contribution is -0.139. The first-order valence-electron chi connectivity index (χ1n) is 6.53. The van der Waals surface area contributed by atoms with Crippen molar-refractivity contribution in [3.8, 4) is 0 Å². The van der Waals surface area contributed by atoms with E-state index in [1.54, 1.807) is 13.8 Å². The molecule has 0 bridgehead atoms. The second-order valence-corrected chi connectivity index (χ2v) is 4.84. The molecule has 1 saturated heterocycles. The number of aliphatic hydroxyl groups excluding tert-OH is 2. The number of nitrogens with zero attached hydrogens (tertiary/aromatic N) is 2. The minimum atomic E-state index is -0.976. The van der Waals surface area contributed by atoms with Gasteiger partial charge in [0.25, 0.3) is 5.91 Å². The Labute approximate surface area is 117 Å². The Balaban J connectivity index is 2.74. The predicted octanol–water partition coefficient (Wildman–Crippen LogP) is -1.48. The summed E-state index contributed by atoms with van der Waals surface area (Å²) >= 11 is 0. The third-order valence-electron chi connectivity index (χ3n) is 3.44. The van der Waals surface area contributed by atoms with Crippen molar-refractivity contribution in [3.63, 3.8) is 0 Å². The van der Waals surface area contributed by atoms with Crippen LogP contribution in [0.3, 0.4) is 0 Å². The molecule has 0 aromatic rings. The Morgan fingerprint density at radius 1 is 1.30 bits per heavy atom. The van der Waals surface area contributed by atoms with Crippen LogP contribution in [0.15, 0.2) is 0 Å². The Kier molecular flexibility index (Phi) is 5.46. The molecule has 1 aliphatic heterocycles. The number of hydrogen-bond donors (Lipinski definition) is 3. The molecular formula is C12H21N3O5. The molecule has 3 N–H and O–H groups in total. The summed E-state index contributed by atoms with van der Waals surface area (Å²) in [4.78, 5) is 38.0. The molecule has 1 aliphatic rings. The van der Waals surface area contributed by atoms with Crippen LogP contribution < -0.4 is 5.32 Å². The molecule has 1 rings (SSSR count). The number of aliphatic hydroxyl groups is 2. The van der Waals surface area contributed by atoms with Gasteiger partial charge in [0, 0.05) is 13.1 Å². The van der Waals surface area contributed by atoms with Gasteiger partial charge >= 0.3 is 6.03 Å². The summed E-state index contributed by atoms with van der Waals surface area (Å²) in [6.07, 6.45) is 0.430. The first kappa shape index (κ1) is 16.4. The maximum absolute atomic E-state index is 12.1. The molecule has 0 aromatic carbocycles. The van der Waals surface area contributed by atoms with E-state index < -0.39 is 23.4 Å². The van der Waals surface area contributed by atoms with Gasteiger partial charge in [-0.05, 0) is 13.3 Å². The SMILES string of the molecule is CCC1(C)NC(=O)N(CC(=O)N(CCO)CCO)C1=O. The minimum absolute atomic E-state index is 0.0497. The number of urea groups is 1. The fourth-order valence-electron chi connectivity index (χ4n) is 1.97. The molecule has 0 aliphatic carbocycles. The largest absolute Gasteiger partial charge is 0.395 e. The Morgan fingerprint density at radius 3 is 2.25 bits per heavy atom. The van der Waals surface area contributed by atoms with Gasteiger partial charge in [-0.25, -0.2) is 4.79 Å². The van der Waals surface area contributed by atoms with Gasteiger partial charge in [-0.2, -0.15) is 0 Å². The monoisotopic (exact) mass is 287 g/mol. The predicted molar refractivity (Wildman–Crippen MR) is 69.7 cm³/mol. The van der Waals surface area contributed by atoms with Crippen molar-refractivity contribution in [1.29, 1.82) is 0 Å². The van der Waals surface area contributed by atoms with Crippen LogP contribution in [0, 0.1) is 0 Å². The van der Waals surface area contributed by atoms with Gasteiger partial charge in [0.15, 0.2) is 0 Å². The van der Waals surface area contributed by atoms with Gasteiger partial charge in [-0.1, -0.05) is 6.92 Å². The Hall–Kier alpha value is -1.67. The normalized spacial score (nSPS) is 22.1. The summed E-state index contributed by atoms with van der Waals surface area (Å²) in [6.45, 7) is 2.59. The summed E-state index contributed by atoms with van der Waals surface area (Å²) in [6, 6.07) is -0.597. The first-order valence-corrected chi connectivity index (χ1v) is 6.53. The van der Waals surface area contributed by atoms with Crippen molar-refractivity contribution >= 4 is 17.8 Å². The lowest BCUT2D eigenvalue weighted by Gasteiger charge is -2.23. The van der Waals surface area contributed by atoms with Crippen LogP contribution in [-0.2, 0) is 9.59 Å². The van der Waals surface area contributed by atoms with Crippen molar-refractivity contribution in [3.05, 3.63) is 0 Å². The highest BCUT2D eigenvalue weighted by atomic mass is 16.3. The molecular weight excluding hydrogens is 266 g/mol. The highest BCUT2D eigenvalue weighted by Gasteiger charge is 2.47. The number of carbonyl (C=O) groups excluding carboxylic acids is 3. The van der Waals surface area contributed by atoms with Crippen molar-refractivity contribution in [2.75, 3.05) is 32.8 Å². The lowest BCUT2D eigenvalue weighted by Crippen LogP contribution is -2.46. The fraction of sp³-hybridized carbons (Fsp3) is 0.750. The van der Waals surface area contributed by atoms with E-state index in [0.717, 1.165) is 4.90 Å². The summed E-state index contributed by atoms with van der Waals surface area (Å²) in [5, 5.41) is 20.3. The summed E-state index contributed by atoms with van der Waals surface area (Å²) < 4.78 is 0. The number of nitrogens with one attached hydrogen (secondary N) is 1. The molecule has 4 amide bonds. The van der Waals surface area contributed by atoms with Crippen LogP contribution in [0.2, 0.25) is 0 Å². The van der Waals surface area contributed by atoms with Crippen molar-refractivity contribution in [1.82, 2.24) is 15.1 Å². The molecule has 0 aromatic heterocycles. The highest BCUT2D eigenvalue weighted by Crippen LogP contribution is 2.20. The quantitative estimate of drug-likeness (QED) is 0.495. The van der Waals surface area contributed by atoms with Crippen LogP contribution in [0.1, 0.15) is 20.3 Å². The van der Waals surface area contributed by atoms with Gasteiger partial charge < -0.3 is 20.4 Å². The second kappa shape index (κ2) is 6.67. The van der Waals surface area contributed by atoms with E-state index in [2.05, 4.69) is 5.32 Å². The van der Waals surface area contributed by atoms with E-state index in [1.807, 2.05) is 0 Å². The molecule has 8 heteroatoms. The molecule has 114 valence electrons. The number of amides is 4. The number of rotatable bonds is 7. The van der Waals surface area contributed by atoms with E-state index in [4.69, 9.17) is 10.2 Å². The molecule has 1 unspecified atom stereocenters. The summed E-state index contributed by atoms with van der Waals surface area (Å²) in [7, 11) is 0. The van der Waals surface area contributed by atoms with Crippen LogP contribution >= 0.6 is 0 Å². The zero-order valence-electron chi connectivity index (χ0n) is 11.8. The van der Waals surface area contributed by atoms with Crippen molar-refractivity contribution in [2.24, 2.45) is 0 Å². The molecule has 1 heterocycles. The van der Waals surface area contributed by atoms with Crippen LogP contribution in [0.25, 0.3) is 0 Å². The second-order valence-electron chi connectivity index (χ2n) is 4.84. The molecule has 0 radical (unpaired) electrons. The van der Waals surface area contributed by atoms with Gasteiger partial charge in [-0.3, -0.25) is 14.5 Å². The van der Waals surface area contributed by atoms with E-state index in [0.29, 0.717) is 6.42 Å². The maximum atomic E-state index is 12.1. The van der Waals surface area contributed by atoms with Crippen LogP contribution in [0.4, 0.5) is 4.79 Å². The molecule has 20 heavy (non-hydrogen) atoms. The van der Waals surface area contributed by atoms with E-state index >= 15 is 0 Å². The fourth-order valence-corrected chi connectivity index (χ4v) is 1.97. The van der Waals surface area contributed by atoms with Gasteiger partial charge in [0.2, 0.25) is 5.91 Å². The summed E-state index contributed by atoms with van der Waals surface area (Å²) in [5.74, 6) is -0.928. The molecule has 1 fully saturated rings. The third kappa shape index (κ3) is 3.26. The lowest BCUT2D eigenvalue weighted by atomic mass is 9.99. The van der Waals surface area contributed by atoms with E-state index in [-0.39, 0.29) is 32.8 Å². The number of carbonyl (C=O) groups is 3. The van der Waals surface area contributed by atoms with Gasteiger partial charge in [0.05, 0.1) is 13.2 Å². The van der Waals surface area contributed by atoms with Gasteiger partial charge in [0.1, 0.15) is 12.1 Å². The Bertz CT molecular complexity index is 395. The Morgan fingerprint density at radius 2 is 1.85 bits per heavy atom. The highest BCUT2D eigenvalue weighted by molar-refractivity contribution is 6.08. The van der Waals surface area contributed by atoms with Crippen molar-refractivity contribution < 1.29 is 24.6 Å². The topological polar surface area (TPSA) is 110 Å². The zero-order valence-corrected chi connectivity index (χ0v) is 11.8. The first-order chi connectivity index (χ1) is 9.39. The van der Waals surface area contributed by atoms with E-state index in [1.165, 1.54) is 4.90 Å². The molecule has 8 nitrogen and oxygen atoms in total. The minimum Gasteiger partial charge on any atom is -0.395 e. The third-order valence-corrected chi connectivity index (χ3v) is 3.44. The van der Waals surface area contributed by atoms with Crippen LogP contribution in [-0.4, -0.2) is 76.2 Å². The van der Waals surface area contributed by atoms with E-state index in [9.17, 15) is 14.4 Å². The standard InChI is InChI=1S/C12H21N3O5/c1-3-12(2)10(19)15(11(20)13-12)8-9(18)14(4-6-16)5-7-17/h16-17H,3-8H2,1-2H3,(H,13,20).